The molecule has 5 nitrogen and oxygen atoms in total. The van der Waals surface area contributed by atoms with Crippen LogP contribution in [0.15, 0.2) is 22.3 Å². The molecule has 3 aliphatic heterocycles. The Morgan fingerprint density at radius 3 is 2.21 bits per heavy atom. The highest BCUT2D eigenvalue weighted by Crippen LogP contribution is 2.45. The second-order valence-corrected chi connectivity index (χ2v) is 18.9. The minimum absolute atomic E-state index is 0.0465. The van der Waals surface area contributed by atoms with E-state index < -0.39 is 8.32 Å². The van der Waals surface area contributed by atoms with Gasteiger partial charge in [0.05, 0.1) is 36.9 Å². The Labute approximate surface area is 247 Å². The maximum Gasteiger partial charge on any atom is 0.309 e. The molecule has 0 aromatic heterocycles. The van der Waals surface area contributed by atoms with Crippen LogP contribution in [-0.2, 0) is 23.4 Å². The lowest BCUT2D eigenvalue weighted by atomic mass is 9.92. The molecule has 0 radical (unpaired) electrons. The number of rotatable bonds is 6. The number of allylic oxidation sites excluding steroid dienone is 1. The molecule has 0 N–H and O–H groups in total. The molecule has 0 aliphatic carbocycles. The van der Waals surface area contributed by atoms with Crippen LogP contribution in [0.4, 0.5) is 0 Å². The molecule has 0 spiro atoms. The van der Waals surface area contributed by atoms with E-state index >= 15 is 0 Å². The van der Waals surface area contributed by atoms with Crippen molar-refractivity contribution in [2.24, 2.45) is 5.92 Å². The summed E-state index contributed by atoms with van der Waals surface area (Å²) in [6, 6.07) is 0. The van der Waals surface area contributed by atoms with Gasteiger partial charge in [-0.25, -0.2) is 0 Å². The third kappa shape index (κ3) is 8.64. The molecule has 3 rings (SSSR count). The molecule has 7 atom stereocenters. The van der Waals surface area contributed by atoms with Gasteiger partial charge in [-0.3, -0.25) is 4.79 Å². The van der Waals surface area contributed by atoms with E-state index in [1.165, 1.54) is 6.42 Å². The molecule has 3 heterocycles. The standard InChI is InChI=1S/C31H53IO5Si/c1-21(2)38(22(3)4,23(5)6)37-29-18-27-17-26-14-10-13-25(34-26)12-9-8-11-24(7)30(15-16-32)36-31(33)20-28(19-29)35-27/h8,11,15-16,21-30H,9-10,12-14,17-20H2,1-7H3/b11-8+,16-15+/t24-,25-,26-,27-,28-,29+,30-/m0/s1. The maximum atomic E-state index is 13.2. The topological polar surface area (TPSA) is 54.0 Å². The van der Waals surface area contributed by atoms with Crippen molar-refractivity contribution in [3.63, 3.8) is 0 Å². The number of halogens is 1. The molecule has 0 unspecified atom stereocenters. The second-order valence-electron chi connectivity index (χ2n) is 12.8. The molecule has 7 heteroatoms. The third-order valence-electron chi connectivity index (χ3n) is 9.01. The predicted molar refractivity (Wildman–Crippen MR) is 166 cm³/mol. The summed E-state index contributed by atoms with van der Waals surface area (Å²) < 4.78 is 28.4. The van der Waals surface area contributed by atoms with E-state index in [1.807, 2.05) is 10.2 Å². The first-order chi connectivity index (χ1) is 18.0. The van der Waals surface area contributed by atoms with Crippen LogP contribution in [0.25, 0.3) is 0 Å². The monoisotopic (exact) mass is 660 g/mol. The molecule has 0 amide bonds. The smallest absolute Gasteiger partial charge is 0.309 e. The molecule has 218 valence electrons. The van der Waals surface area contributed by atoms with Gasteiger partial charge < -0.3 is 18.6 Å². The molecule has 2 fully saturated rings. The number of ether oxygens (including phenoxy) is 3. The Balaban J connectivity index is 1.85. The Hall–Kier alpha value is -0.223. The van der Waals surface area contributed by atoms with Gasteiger partial charge in [0.2, 0.25) is 8.32 Å². The second kappa shape index (κ2) is 15.1. The Bertz CT molecular complexity index is 775. The first-order valence-electron chi connectivity index (χ1n) is 15.2. The van der Waals surface area contributed by atoms with E-state index in [2.05, 4.69) is 83.2 Å². The SMILES string of the molecule is CC(C)[Si](O[C@H]1C[C@H]2CC(=O)O[C@@H](/C=C/I)[C@@H](C)/C=C/CC[C@H]3CCC[C@@H](C[C@@H](C1)O2)O3)(C(C)C)C(C)C. The van der Waals surface area contributed by atoms with Crippen molar-refractivity contribution in [3.8, 4) is 0 Å². The van der Waals surface area contributed by atoms with Gasteiger partial charge in [0.1, 0.15) is 6.10 Å². The first kappa shape index (κ1) is 32.3. The molecule has 0 aromatic rings. The summed E-state index contributed by atoms with van der Waals surface area (Å²) in [6.45, 7) is 16.2. The summed E-state index contributed by atoms with van der Waals surface area (Å²) >= 11 is 2.20. The highest BCUT2D eigenvalue weighted by atomic mass is 127. The van der Waals surface area contributed by atoms with Gasteiger partial charge in [-0.15, -0.1) is 0 Å². The zero-order valence-corrected chi connectivity index (χ0v) is 28.0. The molecular formula is C31H53IO5Si. The van der Waals surface area contributed by atoms with Crippen LogP contribution in [0.1, 0.15) is 106 Å². The summed E-state index contributed by atoms with van der Waals surface area (Å²) in [4.78, 5) is 13.2. The Kier molecular flexibility index (Phi) is 12.9. The van der Waals surface area contributed by atoms with Gasteiger partial charge >= 0.3 is 5.97 Å². The van der Waals surface area contributed by atoms with Crippen molar-refractivity contribution in [1.29, 1.82) is 0 Å². The number of carbonyl (C=O) groups excluding carboxylic acids is 1. The molecule has 3 aliphatic rings. The summed E-state index contributed by atoms with van der Waals surface area (Å²) in [5.41, 5.74) is 1.57. The number of hydrogen-bond acceptors (Lipinski definition) is 5. The lowest BCUT2D eigenvalue weighted by molar-refractivity contribution is -0.160. The molecule has 0 saturated carbocycles. The molecule has 2 saturated heterocycles. The Morgan fingerprint density at radius 2 is 1.55 bits per heavy atom. The van der Waals surface area contributed by atoms with Crippen molar-refractivity contribution in [1.82, 2.24) is 0 Å². The zero-order valence-electron chi connectivity index (χ0n) is 24.9. The van der Waals surface area contributed by atoms with Gasteiger partial charge in [0.25, 0.3) is 0 Å². The van der Waals surface area contributed by atoms with Crippen LogP contribution in [0.3, 0.4) is 0 Å². The number of fused-ring (bicyclic) bond motifs is 4. The largest absolute Gasteiger partial charge is 0.457 e. The van der Waals surface area contributed by atoms with Crippen LogP contribution >= 0.6 is 22.6 Å². The normalized spacial score (nSPS) is 35.1. The van der Waals surface area contributed by atoms with E-state index in [-0.39, 0.29) is 48.8 Å². The van der Waals surface area contributed by atoms with Crippen LogP contribution in [0.5, 0.6) is 0 Å². The lowest BCUT2D eigenvalue weighted by Crippen LogP contribution is -2.53. The fourth-order valence-electron chi connectivity index (χ4n) is 7.28. The summed E-state index contributed by atoms with van der Waals surface area (Å²) in [5.74, 6) is -0.0703. The minimum atomic E-state index is -2.05. The minimum Gasteiger partial charge on any atom is -0.457 e. The van der Waals surface area contributed by atoms with Crippen molar-refractivity contribution in [3.05, 3.63) is 22.3 Å². The number of hydrogen-bond donors (Lipinski definition) is 0. The van der Waals surface area contributed by atoms with E-state index in [1.54, 1.807) is 0 Å². The van der Waals surface area contributed by atoms with Gasteiger partial charge in [-0.1, -0.05) is 83.2 Å². The highest BCUT2D eigenvalue weighted by Gasteiger charge is 2.48. The lowest BCUT2D eigenvalue weighted by Gasteiger charge is -2.47. The van der Waals surface area contributed by atoms with Gasteiger partial charge in [0.15, 0.2) is 0 Å². The quantitative estimate of drug-likeness (QED) is 0.124. The molecule has 0 aromatic carbocycles. The van der Waals surface area contributed by atoms with Crippen LogP contribution < -0.4 is 0 Å². The van der Waals surface area contributed by atoms with Crippen molar-refractivity contribution in [2.45, 2.75) is 160 Å². The molecular weight excluding hydrogens is 607 g/mol. The van der Waals surface area contributed by atoms with E-state index in [0.717, 1.165) is 44.9 Å². The van der Waals surface area contributed by atoms with Gasteiger partial charge in [-0.05, 0) is 78.1 Å². The van der Waals surface area contributed by atoms with Crippen molar-refractivity contribution >= 4 is 36.9 Å². The number of cyclic esters (lactones) is 1. The van der Waals surface area contributed by atoms with Crippen LogP contribution in [-0.4, -0.2) is 50.9 Å². The van der Waals surface area contributed by atoms with Crippen LogP contribution in [0, 0.1) is 5.92 Å². The number of esters is 1. The van der Waals surface area contributed by atoms with E-state index in [0.29, 0.717) is 22.7 Å². The van der Waals surface area contributed by atoms with Crippen molar-refractivity contribution < 1.29 is 23.4 Å². The zero-order chi connectivity index (χ0) is 27.9. The fourth-order valence-corrected chi connectivity index (χ4v) is 13.3. The van der Waals surface area contributed by atoms with Gasteiger partial charge in [0, 0.05) is 5.92 Å². The van der Waals surface area contributed by atoms with E-state index in [9.17, 15) is 4.79 Å². The maximum absolute atomic E-state index is 13.2. The molecule has 38 heavy (non-hydrogen) atoms. The van der Waals surface area contributed by atoms with Gasteiger partial charge in [-0.2, -0.15) is 0 Å². The van der Waals surface area contributed by atoms with E-state index in [4.69, 9.17) is 18.6 Å². The average molecular weight is 661 g/mol. The predicted octanol–water partition coefficient (Wildman–Crippen LogP) is 8.66. The summed E-state index contributed by atoms with van der Waals surface area (Å²) in [6.07, 6.45) is 14.9. The molecule has 4 bridgehead atoms. The highest BCUT2D eigenvalue weighted by molar-refractivity contribution is 14.1. The Morgan fingerprint density at radius 1 is 0.921 bits per heavy atom. The third-order valence-corrected chi connectivity index (χ3v) is 15.6. The van der Waals surface area contributed by atoms with Crippen LogP contribution in [0.2, 0.25) is 16.6 Å². The summed E-state index contributed by atoms with van der Waals surface area (Å²) in [7, 11) is -2.05. The van der Waals surface area contributed by atoms with Crippen molar-refractivity contribution in [2.75, 3.05) is 0 Å². The number of carbonyl (C=O) groups is 1. The first-order valence-corrected chi connectivity index (χ1v) is 18.5. The summed E-state index contributed by atoms with van der Waals surface area (Å²) in [5, 5.41) is 0. The fraction of sp³-hybridized carbons (Fsp3) is 0.839. The average Bonchev–Trinajstić information content (AvgIpc) is 2.83.